The van der Waals surface area contributed by atoms with Crippen molar-refractivity contribution < 1.29 is 22.6 Å². The van der Waals surface area contributed by atoms with Gasteiger partial charge in [0.05, 0.1) is 11.1 Å². The molecule has 0 fully saturated rings. The molecule has 7 heteroatoms. The molecule has 1 aromatic carbocycles. The zero-order valence-electron chi connectivity index (χ0n) is 10.4. The van der Waals surface area contributed by atoms with Gasteiger partial charge in [0, 0.05) is 6.54 Å². The minimum Gasteiger partial charge on any atom is -0.490 e. The smallest absolute Gasteiger partial charge is 0.411 e. The largest absolute Gasteiger partial charge is 0.490 e. The predicted molar refractivity (Wildman–Crippen MR) is 69.3 cm³/mol. The van der Waals surface area contributed by atoms with E-state index in [9.17, 15) is 13.2 Å². The van der Waals surface area contributed by atoms with Crippen molar-refractivity contribution in [2.45, 2.75) is 12.7 Å². The van der Waals surface area contributed by atoms with Gasteiger partial charge in [-0.3, -0.25) is 0 Å². The first kappa shape index (κ1) is 16.3. The Morgan fingerprint density at radius 1 is 1.26 bits per heavy atom. The van der Waals surface area contributed by atoms with Crippen LogP contribution in [0.2, 0.25) is 0 Å². The second-order valence-electron chi connectivity index (χ2n) is 3.81. The van der Waals surface area contributed by atoms with Crippen LogP contribution in [0.25, 0.3) is 0 Å². The third-order valence-corrected chi connectivity index (χ3v) is 2.75. The highest BCUT2D eigenvalue weighted by atomic mass is 79.9. The number of rotatable bonds is 7. The van der Waals surface area contributed by atoms with Crippen LogP contribution in [0.5, 0.6) is 5.75 Å². The number of alkyl halides is 3. The van der Waals surface area contributed by atoms with Crippen molar-refractivity contribution in [3.8, 4) is 5.75 Å². The van der Waals surface area contributed by atoms with Crippen LogP contribution < -0.4 is 10.1 Å². The van der Waals surface area contributed by atoms with Gasteiger partial charge in [-0.15, -0.1) is 0 Å². The summed E-state index contributed by atoms with van der Waals surface area (Å²) >= 11 is 3.34. The second-order valence-corrected chi connectivity index (χ2v) is 4.67. The first-order chi connectivity index (χ1) is 8.92. The Morgan fingerprint density at radius 3 is 2.58 bits per heavy atom. The zero-order valence-corrected chi connectivity index (χ0v) is 12.0. The van der Waals surface area contributed by atoms with Crippen molar-refractivity contribution in [3.05, 3.63) is 28.2 Å². The summed E-state index contributed by atoms with van der Waals surface area (Å²) in [6, 6.07) is 5.54. The van der Waals surface area contributed by atoms with E-state index in [1.54, 1.807) is 6.07 Å². The molecule has 19 heavy (non-hydrogen) atoms. The van der Waals surface area contributed by atoms with Crippen molar-refractivity contribution in [1.29, 1.82) is 0 Å². The molecular formula is C12H15BrF3NO2. The highest BCUT2D eigenvalue weighted by molar-refractivity contribution is 9.10. The summed E-state index contributed by atoms with van der Waals surface area (Å²) in [5, 5.41) is 3.02. The number of halogens is 4. The Bertz CT molecular complexity index is 399. The third-order valence-electron chi connectivity index (χ3n) is 2.13. The van der Waals surface area contributed by atoms with E-state index < -0.39 is 12.8 Å². The van der Waals surface area contributed by atoms with Crippen LogP contribution in [0.15, 0.2) is 22.7 Å². The first-order valence-electron chi connectivity index (χ1n) is 5.62. The van der Waals surface area contributed by atoms with Gasteiger partial charge in [-0.25, -0.2) is 0 Å². The Balaban J connectivity index is 2.33. The molecule has 0 aliphatic rings. The maximum Gasteiger partial charge on any atom is 0.411 e. The molecule has 0 aromatic heterocycles. The second kappa shape index (κ2) is 7.72. The molecule has 0 heterocycles. The third kappa shape index (κ3) is 6.79. The van der Waals surface area contributed by atoms with Gasteiger partial charge in [-0.05, 0) is 40.7 Å². The summed E-state index contributed by atoms with van der Waals surface area (Å²) in [6.45, 7) is -0.559. The number of nitrogens with one attached hydrogen (secondary N) is 1. The Hall–Kier alpha value is -0.790. The van der Waals surface area contributed by atoms with Crippen LogP contribution in [0.1, 0.15) is 5.56 Å². The molecule has 0 aliphatic carbocycles. The average molecular weight is 342 g/mol. The van der Waals surface area contributed by atoms with E-state index in [1.807, 2.05) is 19.2 Å². The first-order valence-corrected chi connectivity index (χ1v) is 6.42. The zero-order chi connectivity index (χ0) is 14.3. The van der Waals surface area contributed by atoms with Crippen molar-refractivity contribution in [2.75, 3.05) is 26.9 Å². The van der Waals surface area contributed by atoms with Gasteiger partial charge in [0.2, 0.25) is 0 Å². The molecular weight excluding hydrogens is 327 g/mol. The lowest BCUT2D eigenvalue weighted by atomic mass is 10.2. The molecule has 0 spiro atoms. The lowest BCUT2D eigenvalue weighted by Crippen LogP contribution is -2.19. The lowest BCUT2D eigenvalue weighted by molar-refractivity contribution is -0.175. The minimum absolute atomic E-state index is 0.0695. The quantitative estimate of drug-likeness (QED) is 0.773. The molecule has 3 nitrogen and oxygen atoms in total. The normalized spacial score (nSPS) is 11.6. The van der Waals surface area contributed by atoms with E-state index in [0.29, 0.717) is 5.75 Å². The monoisotopic (exact) mass is 341 g/mol. The lowest BCUT2D eigenvalue weighted by Gasteiger charge is -2.11. The number of hydrogen-bond acceptors (Lipinski definition) is 3. The molecule has 0 atom stereocenters. The Morgan fingerprint density at radius 2 is 2.00 bits per heavy atom. The van der Waals surface area contributed by atoms with Gasteiger partial charge in [0.25, 0.3) is 0 Å². The summed E-state index contributed by atoms with van der Waals surface area (Å²) in [4.78, 5) is 0. The standard InChI is InChI=1S/C12H15BrF3NO2/c1-17-7-9-2-3-11(10(13)6-9)19-5-4-18-8-12(14,15)16/h2-3,6,17H,4-5,7-8H2,1H3. The summed E-state index contributed by atoms with van der Waals surface area (Å²) < 4.78 is 46.0. The fraction of sp³-hybridized carbons (Fsp3) is 0.500. The van der Waals surface area contributed by atoms with Crippen molar-refractivity contribution in [2.24, 2.45) is 0 Å². The fourth-order valence-electron chi connectivity index (χ4n) is 1.37. The number of ether oxygens (including phenoxy) is 2. The molecule has 0 unspecified atom stereocenters. The summed E-state index contributed by atoms with van der Waals surface area (Å²) in [7, 11) is 1.84. The number of hydrogen-bond donors (Lipinski definition) is 1. The SMILES string of the molecule is CNCc1ccc(OCCOCC(F)(F)F)c(Br)c1. The van der Waals surface area contributed by atoms with E-state index in [-0.39, 0.29) is 13.2 Å². The molecule has 0 radical (unpaired) electrons. The van der Waals surface area contributed by atoms with Crippen LogP contribution in [-0.2, 0) is 11.3 Å². The molecule has 1 N–H and O–H groups in total. The van der Waals surface area contributed by atoms with Gasteiger partial charge < -0.3 is 14.8 Å². The minimum atomic E-state index is -4.30. The number of benzene rings is 1. The van der Waals surface area contributed by atoms with Crippen LogP contribution >= 0.6 is 15.9 Å². The molecule has 1 aromatic rings. The van der Waals surface area contributed by atoms with Crippen LogP contribution in [0, 0.1) is 0 Å². The Kier molecular flexibility index (Phi) is 6.60. The topological polar surface area (TPSA) is 30.5 Å². The molecule has 0 amide bonds. The summed E-state index contributed by atoms with van der Waals surface area (Å²) in [5.74, 6) is 0.579. The van der Waals surface area contributed by atoms with E-state index >= 15 is 0 Å². The highest BCUT2D eigenvalue weighted by Crippen LogP contribution is 2.26. The van der Waals surface area contributed by atoms with Crippen LogP contribution in [0.3, 0.4) is 0 Å². The Labute approximate surface area is 118 Å². The maximum absolute atomic E-state index is 11.8. The maximum atomic E-state index is 11.8. The highest BCUT2D eigenvalue weighted by Gasteiger charge is 2.27. The summed E-state index contributed by atoms with van der Waals surface area (Å²) in [6.07, 6.45) is -4.30. The molecule has 108 valence electrons. The molecule has 0 aliphatic heterocycles. The van der Waals surface area contributed by atoms with Gasteiger partial charge in [-0.2, -0.15) is 13.2 Å². The molecule has 1 rings (SSSR count). The van der Waals surface area contributed by atoms with Crippen LogP contribution in [0.4, 0.5) is 13.2 Å². The molecule has 0 saturated heterocycles. The van der Waals surface area contributed by atoms with Crippen LogP contribution in [-0.4, -0.2) is 33.0 Å². The predicted octanol–water partition coefficient (Wildman–Crippen LogP) is 3.13. The van der Waals surface area contributed by atoms with E-state index in [0.717, 1.165) is 16.6 Å². The average Bonchev–Trinajstić information content (AvgIpc) is 2.30. The van der Waals surface area contributed by atoms with Gasteiger partial charge in [-0.1, -0.05) is 6.07 Å². The van der Waals surface area contributed by atoms with E-state index in [4.69, 9.17) is 4.74 Å². The van der Waals surface area contributed by atoms with Gasteiger partial charge in [0.1, 0.15) is 19.0 Å². The van der Waals surface area contributed by atoms with Crippen molar-refractivity contribution in [1.82, 2.24) is 5.32 Å². The van der Waals surface area contributed by atoms with E-state index in [2.05, 4.69) is 26.0 Å². The van der Waals surface area contributed by atoms with Gasteiger partial charge in [0.15, 0.2) is 0 Å². The fourth-order valence-corrected chi connectivity index (χ4v) is 1.91. The molecule has 0 bridgehead atoms. The van der Waals surface area contributed by atoms with E-state index in [1.165, 1.54) is 0 Å². The van der Waals surface area contributed by atoms with Crippen molar-refractivity contribution >= 4 is 15.9 Å². The summed E-state index contributed by atoms with van der Waals surface area (Å²) in [5.41, 5.74) is 1.08. The molecule has 0 saturated carbocycles. The van der Waals surface area contributed by atoms with Gasteiger partial charge >= 0.3 is 6.18 Å². The van der Waals surface area contributed by atoms with Crippen molar-refractivity contribution in [3.63, 3.8) is 0 Å².